The van der Waals surface area contributed by atoms with Gasteiger partial charge in [-0.2, -0.15) is 0 Å². The van der Waals surface area contributed by atoms with E-state index < -0.39 is 0 Å². The van der Waals surface area contributed by atoms with Crippen molar-refractivity contribution < 1.29 is 4.39 Å². The third kappa shape index (κ3) is 3.38. The van der Waals surface area contributed by atoms with Crippen LogP contribution in [0, 0.1) is 12.7 Å². The van der Waals surface area contributed by atoms with Gasteiger partial charge < -0.3 is 5.32 Å². The zero-order chi connectivity index (χ0) is 18.7. The summed E-state index contributed by atoms with van der Waals surface area (Å²) in [7, 11) is 0. The van der Waals surface area contributed by atoms with Crippen molar-refractivity contribution in [1.82, 2.24) is 4.98 Å². The molecule has 0 radical (unpaired) electrons. The minimum atomic E-state index is -0.143. The smallest absolute Gasteiger partial charge is 0.137 e. The summed E-state index contributed by atoms with van der Waals surface area (Å²) in [6.07, 6.45) is 2.42. The third-order valence-electron chi connectivity index (χ3n) is 4.60. The van der Waals surface area contributed by atoms with E-state index in [2.05, 4.69) is 16.9 Å². The van der Waals surface area contributed by atoms with Crippen LogP contribution in [0.25, 0.3) is 16.7 Å². The van der Waals surface area contributed by atoms with Crippen LogP contribution in [0.5, 0.6) is 0 Å². The fraction of sp³-hybridized carbons (Fsp3) is 0.174. The van der Waals surface area contributed by atoms with Gasteiger partial charge in [0.25, 0.3) is 0 Å². The molecule has 0 fully saturated rings. The van der Waals surface area contributed by atoms with Crippen molar-refractivity contribution >= 4 is 17.1 Å². The van der Waals surface area contributed by atoms with Gasteiger partial charge in [-0.15, -0.1) is 0 Å². The molecule has 132 valence electrons. The second kappa shape index (κ2) is 7.52. The largest absolute Gasteiger partial charge is 0.339 e. The van der Waals surface area contributed by atoms with E-state index in [9.17, 15) is 4.39 Å². The Hall–Kier alpha value is -2.94. The first-order chi connectivity index (χ1) is 12.5. The van der Waals surface area contributed by atoms with Crippen molar-refractivity contribution in [2.75, 3.05) is 5.32 Å². The maximum Gasteiger partial charge on any atom is 0.137 e. The fourth-order valence-corrected chi connectivity index (χ4v) is 3.10. The molecule has 0 spiro atoms. The minimum Gasteiger partial charge on any atom is -0.339 e. The van der Waals surface area contributed by atoms with Gasteiger partial charge in [0, 0.05) is 23.0 Å². The molecule has 1 aromatic heterocycles. The van der Waals surface area contributed by atoms with Crippen LogP contribution in [0.15, 0.2) is 61.3 Å². The topological polar surface area (TPSA) is 24.9 Å². The second-order valence-electron chi connectivity index (χ2n) is 6.42. The molecule has 0 aliphatic rings. The van der Waals surface area contributed by atoms with Gasteiger partial charge in [0.05, 0.1) is 0 Å². The Morgan fingerprint density at radius 2 is 1.81 bits per heavy atom. The number of halogens is 1. The van der Waals surface area contributed by atoms with Crippen molar-refractivity contribution in [3.05, 3.63) is 83.8 Å². The zero-order valence-corrected chi connectivity index (χ0v) is 15.4. The van der Waals surface area contributed by atoms with Crippen LogP contribution >= 0.6 is 0 Å². The summed E-state index contributed by atoms with van der Waals surface area (Å²) in [4.78, 5) is 4.44. The molecular weight excluding hydrogens is 323 g/mol. The molecule has 0 unspecified atom stereocenters. The van der Waals surface area contributed by atoms with Gasteiger partial charge >= 0.3 is 0 Å². The van der Waals surface area contributed by atoms with E-state index in [0.29, 0.717) is 12.0 Å². The molecule has 0 aliphatic heterocycles. The highest BCUT2D eigenvalue weighted by Gasteiger charge is 2.14. The molecule has 2 aromatic carbocycles. The molecule has 26 heavy (non-hydrogen) atoms. The number of hydrogen-bond donors (Lipinski definition) is 1. The molecule has 0 bridgehead atoms. The van der Waals surface area contributed by atoms with Gasteiger partial charge in [-0.05, 0) is 60.7 Å². The molecule has 0 aliphatic carbocycles. The molecule has 0 amide bonds. The van der Waals surface area contributed by atoms with Crippen LogP contribution in [0.1, 0.15) is 30.5 Å². The van der Waals surface area contributed by atoms with E-state index in [1.54, 1.807) is 6.20 Å². The first-order valence-corrected chi connectivity index (χ1v) is 8.78. The highest BCUT2D eigenvalue weighted by atomic mass is 19.1. The summed E-state index contributed by atoms with van der Waals surface area (Å²) in [6.45, 7) is 9.94. The van der Waals surface area contributed by atoms with Gasteiger partial charge in [0.1, 0.15) is 11.6 Å². The molecule has 1 N–H and O–H groups in total. The number of pyridine rings is 1. The Labute approximate surface area is 154 Å². The molecular formula is C23H23FN2. The van der Waals surface area contributed by atoms with Gasteiger partial charge in [-0.1, -0.05) is 43.8 Å². The molecule has 3 heteroatoms. The van der Waals surface area contributed by atoms with Crippen LogP contribution < -0.4 is 5.32 Å². The number of anilines is 2. The lowest BCUT2D eigenvalue weighted by Gasteiger charge is -2.16. The summed E-state index contributed by atoms with van der Waals surface area (Å²) in [5.74, 6) is 0.610. The highest BCUT2D eigenvalue weighted by molar-refractivity contribution is 5.79. The van der Waals surface area contributed by atoms with Crippen molar-refractivity contribution in [3.63, 3.8) is 0 Å². The molecule has 3 rings (SSSR count). The van der Waals surface area contributed by atoms with Gasteiger partial charge in [0.2, 0.25) is 0 Å². The Balaban J connectivity index is 2.06. The highest BCUT2D eigenvalue weighted by Crippen LogP contribution is 2.33. The van der Waals surface area contributed by atoms with Crippen LogP contribution in [0.4, 0.5) is 15.9 Å². The van der Waals surface area contributed by atoms with Gasteiger partial charge in [0.15, 0.2) is 0 Å². The van der Waals surface area contributed by atoms with Crippen LogP contribution in [0.3, 0.4) is 0 Å². The molecule has 0 saturated heterocycles. The average Bonchev–Trinajstić information content (AvgIpc) is 2.64. The normalized spacial score (nSPS) is 10.6. The predicted octanol–water partition coefficient (Wildman–Crippen LogP) is 6.54. The van der Waals surface area contributed by atoms with Crippen LogP contribution in [-0.4, -0.2) is 4.98 Å². The number of hydrogen-bond acceptors (Lipinski definition) is 2. The molecule has 2 nitrogen and oxygen atoms in total. The molecule has 0 saturated carbocycles. The Kier molecular flexibility index (Phi) is 5.17. The van der Waals surface area contributed by atoms with Gasteiger partial charge in [-0.25, -0.2) is 9.37 Å². The Morgan fingerprint density at radius 3 is 2.54 bits per heavy atom. The number of rotatable bonds is 5. The molecule has 1 heterocycles. The maximum atomic E-state index is 14.8. The van der Waals surface area contributed by atoms with Crippen molar-refractivity contribution in [3.8, 4) is 11.1 Å². The number of nitrogens with zero attached hydrogens (tertiary/aromatic N) is 1. The summed E-state index contributed by atoms with van der Waals surface area (Å²) < 4.78 is 14.8. The number of aromatic nitrogens is 1. The van der Waals surface area contributed by atoms with Crippen LogP contribution in [-0.2, 0) is 6.42 Å². The lowest BCUT2D eigenvalue weighted by molar-refractivity contribution is 0.615. The van der Waals surface area contributed by atoms with E-state index in [1.165, 1.54) is 0 Å². The second-order valence-corrected chi connectivity index (χ2v) is 6.42. The quantitative estimate of drug-likeness (QED) is 0.567. The van der Waals surface area contributed by atoms with Crippen molar-refractivity contribution in [1.29, 1.82) is 0 Å². The molecule has 0 atom stereocenters. The number of benzene rings is 2. The van der Waals surface area contributed by atoms with E-state index in [0.717, 1.165) is 39.3 Å². The maximum absolute atomic E-state index is 14.8. The van der Waals surface area contributed by atoms with E-state index in [-0.39, 0.29) is 5.82 Å². The van der Waals surface area contributed by atoms with Crippen molar-refractivity contribution in [2.24, 2.45) is 0 Å². The molecule has 3 aromatic rings. The summed E-state index contributed by atoms with van der Waals surface area (Å²) in [5.41, 5.74) is 6.05. The van der Waals surface area contributed by atoms with E-state index >= 15 is 0 Å². The fourth-order valence-electron chi connectivity index (χ4n) is 3.10. The monoisotopic (exact) mass is 346 g/mol. The summed E-state index contributed by atoms with van der Waals surface area (Å²) >= 11 is 0. The Morgan fingerprint density at radius 1 is 1.08 bits per heavy atom. The van der Waals surface area contributed by atoms with Crippen LogP contribution in [0.2, 0.25) is 0 Å². The first-order valence-electron chi connectivity index (χ1n) is 8.78. The predicted molar refractivity (Wildman–Crippen MR) is 108 cm³/mol. The van der Waals surface area contributed by atoms with E-state index in [4.69, 9.17) is 0 Å². The summed E-state index contributed by atoms with van der Waals surface area (Å²) in [5, 5.41) is 3.39. The minimum absolute atomic E-state index is 0.143. The number of allylic oxidation sites excluding steroid dienone is 1. The third-order valence-corrected chi connectivity index (χ3v) is 4.60. The lowest BCUT2D eigenvalue weighted by atomic mass is 9.96. The summed E-state index contributed by atoms with van der Waals surface area (Å²) in [6, 6.07) is 15.3. The lowest BCUT2D eigenvalue weighted by Crippen LogP contribution is -2.01. The number of nitrogens with one attached hydrogen (secondary N) is 1. The number of aryl methyl sites for hydroxylation is 1. The standard InChI is InChI=1S/C23H23FN2/c1-5-17-9-6-11-20(22(17)24)19-10-7-13-21(16(19)4)26-23-18(15(2)3)12-8-14-25-23/h6-14H,2,5H2,1,3-4H3,(H,25,26). The van der Waals surface area contributed by atoms with Gasteiger partial charge in [-0.3, -0.25) is 0 Å². The van der Waals surface area contributed by atoms with Crippen molar-refractivity contribution in [2.45, 2.75) is 27.2 Å². The zero-order valence-electron chi connectivity index (χ0n) is 15.4. The average molecular weight is 346 g/mol. The Bertz CT molecular complexity index is 960. The van der Waals surface area contributed by atoms with E-state index in [1.807, 2.05) is 69.3 Å². The first kappa shape index (κ1) is 17.9. The SMILES string of the molecule is C=C(C)c1cccnc1Nc1cccc(-c2cccc(CC)c2F)c1C.